The Kier molecular flexibility index (Phi) is 8.73. The molecule has 0 N–H and O–H groups in total. The van der Waals surface area contributed by atoms with Crippen LogP contribution in [-0.2, 0) is 20.1 Å². The number of amides is 1. The highest BCUT2D eigenvalue weighted by molar-refractivity contribution is 7.98. The van der Waals surface area contributed by atoms with E-state index in [0.717, 1.165) is 27.8 Å². The van der Waals surface area contributed by atoms with Crippen LogP contribution in [0.5, 0.6) is 0 Å². The number of hydrogen-bond acceptors (Lipinski definition) is 10. The Morgan fingerprint density at radius 2 is 1.90 bits per heavy atom. The summed E-state index contributed by atoms with van der Waals surface area (Å²) in [4.78, 5) is 45.7. The summed E-state index contributed by atoms with van der Waals surface area (Å²) in [6.07, 6.45) is -5.05. The second-order valence-corrected chi connectivity index (χ2v) is 11.2. The van der Waals surface area contributed by atoms with Crippen molar-refractivity contribution in [3.63, 3.8) is 0 Å². The number of thioether (sulfide) groups is 1. The van der Waals surface area contributed by atoms with Gasteiger partial charge in [0.15, 0.2) is 5.78 Å². The van der Waals surface area contributed by atoms with Crippen LogP contribution in [0.15, 0.2) is 40.2 Å². The Morgan fingerprint density at radius 3 is 2.52 bits per heavy atom. The van der Waals surface area contributed by atoms with Crippen molar-refractivity contribution in [2.45, 2.75) is 28.9 Å². The normalized spacial score (nSPS) is 19.7. The third-order valence-corrected chi connectivity index (χ3v) is 8.57. The third kappa shape index (κ3) is 6.09. The van der Waals surface area contributed by atoms with Gasteiger partial charge in [-0.25, -0.2) is 9.37 Å². The number of aromatic nitrogens is 3. The molecule has 2 atom stereocenters. The Balaban J connectivity index is 1.54. The van der Waals surface area contributed by atoms with Gasteiger partial charge in [-0.05, 0) is 17.7 Å². The van der Waals surface area contributed by atoms with Gasteiger partial charge in [0, 0.05) is 24.2 Å². The second-order valence-electron chi connectivity index (χ2n) is 9.52. The molecule has 2 unspecified atom stereocenters. The number of hydrogen-bond donors (Lipinski definition) is 0. The summed E-state index contributed by atoms with van der Waals surface area (Å²) in [6.45, 7) is 0.191. The van der Waals surface area contributed by atoms with Crippen molar-refractivity contribution in [3.8, 4) is 6.07 Å². The molecule has 2 fully saturated rings. The largest absolute Gasteiger partial charge is 0.409 e. The maximum atomic E-state index is 14.6. The number of carbonyl (C=O) groups is 3. The number of rotatable bonds is 7. The fourth-order valence-corrected chi connectivity index (χ4v) is 6.41. The molecular formula is C26H22F4N6O4S2. The van der Waals surface area contributed by atoms with E-state index in [2.05, 4.69) is 10.1 Å². The predicted molar refractivity (Wildman–Crippen MR) is 141 cm³/mol. The van der Waals surface area contributed by atoms with Crippen molar-refractivity contribution in [1.29, 1.82) is 5.26 Å². The van der Waals surface area contributed by atoms with Crippen molar-refractivity contribution in [2.75, 3.05) is 39.4 Å². The summed E-state index contributed by atoms with van der Waals surface area (Å²) in [5.41, 5.74) is 0.990. The van der Waals surface area contributed by atoms with E-state index in [1.807, 2.05) is 6.07 Å². The molecule has 4 heterocycles. The van der Waals surface area contributed by atoms with Crippen LogP contribution >= 0.6 is 23.1 Å². The standard InChI is InChI=1S/C26H22F4N6O4S2/c27-16-3-1-15(2-4-16)12-42-25-17(9-31)22(33-36(25)24(39)18-13-41-14-32-18)21-19(37)10-35(23(21)26(28,29)30)20(38)11-34-5-7-40-8-6-34/h1-4,13-14,21,23H,5-8,10-12H2. The van der Waals surface area contributed by atoms with Crippen molar-refractivity contribution in [3.05, 3.63) is 63.5 Å². The number of alkyl halides is 3. The Labute approximate surface area is 244 Å². The zero-order valence-corrected chi connectivity index (χ0v) is 23.3. The van der Waals surface area contributed by atoms with E-state index >= 15 is 0 Å². The molecule has 0 bridgehead atoms. The van der Waals surface area contributed by atoms with Gasteiger partial charge >= 0.3 is 6.18 Å². The van der Waals surface area contributed by atoms with Crippen molar-refractivity contribution in [1.82, 2.24) is 24.6 Å². The number of morpholine rings is 1. The number of carbonyl (C=O) groups excluding carboxylic acids is 3. The quantitative estimate of drug-likeness (QED) is 0.289. The molecule has 0 saturated carbocycles. The van der Waals surface area contributed by atoms with E-state index in [9.17, 15) is 37.2 Å². The molecular weight excluding hydrogens is 600 g/mol. The molecule has 2 aromatic heterocycles. The van der Waals surface area contributed by atoms with Crippen LogP contribution in [-0.4, -0.2) is 93.8 Å². The lowest BCUT2D eigenvalue weighted by molar-refractivity contribution is -0.186. The Bertz CT molecular complexity index is 1510. The molecule has 42 heavy (non-hydrogen) atoms. The van der Waals surface area contributed by atoms with E-state index in [1.54, 1.807) is 4.90 Å². The number of nitriles is 1. The molecule has 2 aliphatic rings. The van der Waals surface area contributed by atoms with E-state index in [1.165, 1.54) is 35.2 Å². The molecule has 1 aromatic carbocycles. The highest BCUT2D eigenvalue weighted by Gasteiger charge is 2.59. The van der Waals surface area contributed by atoms with Gasteiger partial charge in [0.05, 0.1) is 43.4 Å². The number of nitrogens with zero attached hydrogens (tertiary/aromatic N) is 6. The number of likely N-dealkylation sites (tertiary alicyclic amines) is 1. The molecule has 0 radical (unpaired) electrons. The lowest BCUT2D eigenvalue weighted by Crippen LogP contribution is -2.51. The Morgan fingerprint density at radius 1 is 1.19 bits per heavy atom. The topological polar surface area (TPSA) is 121 Å². The molecule has 3 aromatic rings. The fourth-order valence-electron chi connectivity index (χ4n) is 4.84. The number of Topliss-reactive ketones (excluding diaryl/α,β-unsaturated/α-hetero) is 1. The lowest BCUT2D eigenvalue weighted by Gasteiger charge is -2.32. The first-order chi connectivity index (χ1) is 20.1. The van der Waals surface area contributed by atoms with Crippen molar-refractivity contribution >= 4 is 40.7 Å². The maximum Gasteiger partial charge on any atom is 0.409 e. The van der Waals surface area contributed by atoms with Crippen LogP contribution in [0, 0.1) is 17.1 Å². The summed E-state index contributed by atoms with van der Waals surface area (Å²) in [5, 5.41) is 15.5. The third-order valence-electron chi connectivity index (χ3n) is 6.85. The molecule has 2 aliphatic heterocycles. The summed E-state index contributed by atoms with van der Waals surface area (Å²) < 4.78 is 63.1. The molecule has 10 nitrogen and oxygen atoms in total. The van der Waals surface area contributed by atoms with Crippen LogP contribution in [0.4, 0.5) is 17.6 Å². The zero-order chi connectivity index (χ0) is 30.0. The van der Waals surface area contributed by atoms with E-state index in [0.29, 0.717) is 36.8 Å². The van der Waals surface area contributed by atoms with Gasteiger partial charge in [-0.1, -0.05) is 12.1 Å². The lowest BCUT2D eigenvalue weighted by atomic mass is 9.92. The van der Waals surface area contributed by atoms with Gasteiger partial charge in [0.25, 0.3) is 5.91 Å². The number of ether oxygens (including phenoxy) is 1. The number of ketones is 1. The summed E-state index contributed by atoms with van der Waals surface area (Å²) in [5.74, 6) is -5.05. The van der Waals surface area contributed by atoms with Crippen LogP contribution < -0.4 is 0 Å². The van der Waals surface area contributed by atoms with E-state index < -0.39 is 53.8 Å². The SMILES string of the molecule is N#Cc1c(C2C(=O)CN(C(=O)CN3CCOCC3)C2C(F)(F)F)nn(C(=O)c2cscn2)c1SCc1ccc(F)cc1. The van der Waals surface area contributed by atoms with Gasteiger partial charge in [-0.2, -0.15) is 28.2 Å². The number of thiazole rings is 1. The molecule has 0 spiro atoms. The predicted octanol–water partition coefficient (Wildman–Crippen LogP) is 3.09. The monoisotopic (exact) mass is 622 g/mol. The molecule has 16 heteroatoms. The van der Waals surface area contributed by atoms with Gasteiger partial charge < -0.3 is 9.64 Å². The molecule has 2 saturated heterocycles. The average Bonchev–Trinajstić information content (AvgIpc) is 3.70. The summed E-state index contributed by atoms with van der Waals surface area (Å²) in [6, 6.07) is 4.65. The zero-order valence-electron chi connectivity index (χ0n) is 21.7. The number of halogens is 4. The van der Waals surface area contributed by atoms with Crippen LogP contribution in [0.1, 0.15) is 33.2 Å². The Hall–Kier alpha value is -3.65. The molecule has 1 amide bonds. The summed E-state index contributed by atoms with van der Waals surface area (Å²) >= 11 is 2.03. The maximum absolute atomic E-state index is 14.6. The fraction of sp³-hybridized carbons (Fsp3) is 0.385. The summed E-state index contributed by atoms with van der Waals surface area (Å²) in [7, 11) is 0. The molecule has 0 aliphatic carbocycles. The van der Waals surface area contributed by atoms with Crippen LogP contribution in [0.2, 0.25) is 0 Å². The van der Waals surface area contributed by atoms with Crippen molar-refractivity contribution < 1.29 is 36.7 Å². The highest BCUT2D eigenvalue weighted by Crippen LogP contribution is 2.43. The molecule has 220 valence electrons. The first-order valence-corrected chi connectivity index (χ1v) is 14.5. The van der Waals surface area contributed by atoms with E-state index in [4.69, 9.17) is 4.74 Å². The van der Waals surface area contributed by atoms with Crippen molar-refractivity contribution in [2.24, 2.45) is 0 Å². The minimum absolute atomic E-state index is 0.0605. The minimum Gasteiger partial charge on any atom is -0.379 e. The second kappa shape index (κ2) is 12.3. The first-order valence-electron chi connectivity index (χ1n) is 12.6. The molecule has 5 rings (SSSR count). The van der Waals surface area contributed by atoms with Crippen LogP contribution in [0.3, 0.4) is 0 Å². The van der Waals surface area contributed by atoms with E-state index in [-0.39, 0.29) is 28.6 Å². The van der Waals surface area contributed by atoms with Gasteiger partial charge in [-0.3, -0.25) is 19.3 Å². The highest BCUT2D eigenvalue weighted by atomic mass is 32.2. The van der Waals surface area contributed by atoms with Gasteiger partial charge in [0.2, 0.25) is 5.91 Å². The van der Waals surface area contributed by atoms with Crippen LogP contribution in [0.25, 0.3) is 0 Å². The van der Waals surface area contributed by atoms with Gasteiger partial charge in [-0.15, -0.1) is 23.1 Å². The average molecular weight is 623 g/mol. The minimum atomic E-state index is -5.05. The van der Waals surface area contributed by atoms with Gasteiger partial charge in [0.1, 0.15) is 34.2 Å². The number of benzene rings is 1. The smallest absolute Gasteiger partial charge is 0.379 e. The first kappa shape index (κ1) is 29.8.